The van der Waals surface area contributed by atoms with Crippen molar-refractivity contribution in [3.63, 3.8) is 0 Å². The topological polar surface area (TPSA) is 75.9 Å². The summed E-state index contributed by atoms with van der Waals surface area (Å²) in [6, 6.07) is 11.8. The predicted molar refractivity (Wildman–Crippen MR) is 109 cm³/mol. The lowest BCUT2D eigenvalue weighted by Gasteiger charge is -2.34. The van der Waals surface area contributed by atoms with Crippen molar-refractivity contribution in [2.75, 3.05) is 39.3 Å². The fraction of sp³-hybridized carbons (Fsp3) is 0.429. The number of hydrogen-bond acceptors (Lipinski definition) is 6. The summed E-state index contributed by atoms with van der Waals surface area (Å²) in [5.41, 5.74) is 1.86. The number of hydrogen-bond donors (Lipinski definition) is 0. The molecule has 0 bridgehead atoms. The Balaban J connectivity index is 1.25. The molecular formula is C21H26N6O2. The van der Waals surface area contributed by atoms with Gasteiger partial charge in [-0.25, -0.2) is 9.50 Å². The van der Waals surface area contributed by atoms with E-state index >= 15 is 0 Å². The van der Waals surface area contributed by atoms with Crippen molar-refractivity contribution in [2.24, 2.45) is 0 Å². The first-order valence-electron chi connectivity index (χ1n) is 9.96. The first-order valence-corrected chi connectivity index (χ1v) is 9.96. The number of carbonyl (C=O) groups is 1. The Kier molecular flexibility index (Phi) is 5.71. The first kappa shape index (κ1) is 19.3. The molecule has 3 aromatic rings. The van der Waals surface area contributed by atoms with Crippen molar-refractivity contribution >= 4 is 11.7 Å². The predicted octanol–water partition coefficient (Wildman–Crippen LogP) is 1.51. The van der Waals surface area contributed by atoms with Crippen LogP contribution in [-0.2, 0) is 11.2 Å². The van der Waals surface area contributed by atoms with E-state index < -0.39 is 0 Å². The summed E-state index contributed by atoms with van der Waals surface area (Å²) in [6.07, 6.45) is 0.207. The van der Waals surface area contributed by atoms with E-state index in [1.807, 2.05) is 55.1 Å². The van der Waals surface area contributed by atoms with Gasteiger partial charge < -0.3 is 9.64 Å². The average molecular weight is 394 g/mol. The van der Waals surface area contributed by atoms with E-state index in [4.69, 9.17) is 4.74 Å². The summed E-state index contributed by atoms with van der Waals surface area (Å²) >= 11 is 0. The molecule has 1 aliphatic rings. The van der Waals surface area contributed by atoms with E-state index in [0.717, 1.165) is 36.8 Å². The Bertz CT molecular complexity index is 980. The number of benzene rings is 1. The number of carbonyl (C=O) groups excluding carboxylic acids is 1. The SMILES string of the molecule is Cc1cc(C)n2nc(CC(=O)N3CCN(CCOc4ccccc4)CC3)nc2n1. The summed E-state index contributed by atoms with van der Waals surface area (Å²) in [4.78, 5) is 25.7. The van der Waals surface area contributed by atoms with Crippen LogP contribution in [0.25, 0.3) is 5.78 Å². The molecule has 4 rings (SSSR count). The number of aromatic nitrogens is 4. The highest BCUT2D eigenvalue weighted by Crippen LogP contribution is 2.10. The van der Waals surface area contributed by atoms with Gasteiger partial charge >= 0.3 is 0 Å². The molecule has 0 aliphatic carbocycles. The van der Waals surface area contributed by atoms with Crippen LogP contribution in [0.2, 0.25) is 0 Å². The molecular weight excluding hydrogens is 368 g/mol. The number of piperazine rings is 1. The van der Waals surface area contributed by atoms with Crippen LogP contribution in [0.4, 0.5) is 0 Å². The van der Waals surface area contributed by atoms with Crippen molar-refractivity contribution in [1.29, 1.82) is 0 Å². The van der Waals surface area contributed by atoms with Crippen LogP contribution in [0.5, 0.6) is 5.75 Å². The summed E-state index contributed by atoms with van der Waals surface area (Å²) in [6.45, 7) is 8.52. The highest BCUT2D eigenvalue weighted by molar-refractivity contribution is 5.78. The van der Waals surface area contributed by atoms with Gasteiger partial charge in [0, 0.05) is 44.1 Å². The lowest BCUT2D eigenvalue weighted by molar-refractivity contribution is -0.132. The van der Waals surface area contributed by atoms with E-state index in [1.54, 1.807) is 4.52 Å². The second-order valence-corrected chi connectivity index (χ2v) is 7.34. The van der Waals surface area contributed by atoms with Gasteiger partial charge in [-0.15, -0.1) is 5.10 Å². The molecule has 2 aromatic heterocycles. The van der Waals surface area contributed by atoms with Gasteiger partial charge in [-0.3, -0.25) is 9.69 Å². The monoisotopic (exact) mass is 394 g/mol. The molecule has 0 radical (unpaired) electrons. The Hall–Kier alpha value is -3.00. The zero-order chi connectivity index (χ0) is 20.2. The van der Waals surface area contributed by atoms with Crippen LogP contribution in [-0.4, -0.2) is 74.6 Å². The van der Waals surface area contributed by atoms with Crippen molar-refractivity contribution < 1.29 is 9.53 Å². The number of rotatable bonds is 6. The van der Waals surface area contributed by atoms with Gasteiger partial charge in [-0.05, 0) is 32.0 Å². The first-order chi connectivity index (χ1) is 14.1. The third-order valence-corrected chi connectivity index (χ3v) is 5.12. The van der Waals surface area contributed by atoms with E-state index in [0.29, 0.717) is 31.3 Å². The van der Waals surface area contributed by atoms with Crippen LogP contribution >= 0.6 is 0 Å². The third-order valence-electron chi connectivity index (χ3n) is 5.12. The molecule has 8 nitrogen and oxygen atoms in total. The summed E-state index contributed by atoms with van der Waals surface area (Å²) in [5, 5.41) is 4.44. The van der Waals surface area contributed by atoms with Crippen molar-refractivity contribution in [3.8, 4) is 5.75 Å². The molecule has 1 fully saturated rings. The molecule has 0 atom stereocenters. The number of para-hydroxylation sites is 1. The Morgan fingerprint density at radius 2 is 1.83 bits per heavy atom. The molecule has 1 amide bonds. The van der Waals surface area contributed by atoms with Gasteiger partial charge in [-0.1, -0.05) is 18.2 Å². The summed E-state index contributed by atoms with van der Waals surface area (Å²) in [5.74, 6) is 2.03. The maximum atomic E-state index is 12.7. The lowest BCUT2D eigenvalue weighted by Crippen LogP contribution is -2.50. The quantitative estimate of drug-likeness (QED) is 0.631. The van der Waals surface area contributed by atoms with Gasteiger partial charge in [0.05, 0.1) is 6.42 Å². The van der Waals surface area contributed by atoms with Gasteiger partial charge in [0.15, 0.2) is 5.82 Å². The zero-order valence-electron chi connectivity index (χ0n) is 16.9. The van der Waals surface area contributed by atoms with Crippen molar-refractivity contribution in [3.05, 3.63) is 53.6 Å². The van der Waals surface area contributed by atoms with Crippen LogP contribution in [0, 0.1) is 13.8 Å². The highest BCUT2D eigenvalue weighted by Gasteiger charge is 2.22. The molecule has 152 valence electrons. The van der Waals surface area contributed by atoms with Crippen molar-refractivity contribution in [1.82, 2.24) is 29.4 Å². The number of fused-ring (bicyclic) bond motifs is 1. The second-order valence-electron chi connectivity index (χ2n) is 7.34. The zero-order valence-corrected chi connectivity index (χ0v) is 16.9. The number of aryl methyl sites for hydroxylation is 2. The minimum Gasteiger partial charge on any atom is -0.492 e. The minimum atomic E-state index is 0.0652. The molecule has 8 heteroatoms. The summed E-state index contributed by atoms with van der Waals surface area (Å²) < 4.78 is 7.46. The van der Waals surface area contributed by atoms with E-state index in [-0.39, 0.29) is 12.3 Å². The normalized spacial score (nSPS) is 15.0. The van der Waals surface area contributed by atoms with Crippen molar-refractivity contribution in [2.45, 2.75) is 20.3 Å². The number of amides is 1. The minimum absolute atomic E-state index is 0.0652. The largest absolute Gasteiger partial charge is 0.492 e. The average Bonchev–Trinajstić information content (AvgIpc) is 3.12. The molecule has 29 heavy (non-hydrogen) atoms. The highest BCUT2D eigenvalue weighted by atomic mass is 16.5. The fourth-order valence-electron chi connectivity index (χ4n) is 3.56. The molecule has 3 heterocycles. The lowest BCUT2D eigenvalue weighted by atomic mass is 10.2. The standard InChI is InChI=1S/C21H26N6O2/c1-16-14-17(2)27-21(22-16)23-19(24-27)15-20(28)26-10-8-25(9-11-26)12-13-29-18-6-4-3-5-7-18/h3-7,14H,8-13,15H2,1-2H3. The third kappa shape index (κ3) is 4.71. The van der Waals surface area contributed by atoms with Crippen LogP contribution in [0.3, 0.4) is 0 Å². The molecule has 0 N–H and O–H groups in total. The number of ether oxygens (including phenoxy) is 1. The fourth-order valence-corrected chi connectivity index (χ4v) is 3.56. The maximum Gasteiger partial charge on any atom is 0.252 e. The molecule has 0 spiro atoms. The Morgan fingerprint density at radius 1 is 1.07 bits per heavy atom. The molecule has 1 aliphatic heterocycles. The molecule has 0 unspecified atom stereocenters. The van der Waals surface area contributed by atoms with Crippen LogP contribution in [0.1, 0.15) is 17.2 Å². The van der Waals surface area contributed by atoms with Crippen LogP contribution < -0.4 is 4.74 Å². The van der Waals surface area contributed by atoms with Gasteiger partial charge in [0.1, 0.15) is 12.4 Å². The van der Waals surface area contributed by atoms with E-state index in [1.165, 1.54) is 0 Å². The smallest absolute Gasteiger partial charge is 0.252 e. The molecule has 0 saturated carbocycles. The van der Waals surface area contributed by atoms with Gasteiger partial charge in [0.25, 0.3) is 5.78 Å². The Labute approximate surface area is 170 Å². The van der Waals surface area contributed by atoms with Crippen LogP contribution in [0.15, 0.2) is 36.4 Å². The summed E-state index contributed by atoms with van der Waals surface area (Å²) in [7, 11) is 0. The number of nitrogens with zero attached hydrogens (tertiary/aromatic N) is 6. The van der Waals surface area contributed by atoms with Gasteiger partial charge in [0.2, 0.25) is 5.91 Å². The van der Waals surface area contributed by atoms with E-state index in [2.05, 4.69) is 20.0 Å². The molecule has 1 aromatic carbocycles. The molecule has 1 saturated heterocycles. The maximum absolute atomic E-state index is 12.7. The van der Waals surface area contributed by atoms with Gasteiger partial charge in [-0.2, -0.15) is 4.98 Å². The Morgan fingerprint density at radius 3 is 2.59 bits per heavy atom. The second kappa shape index (κ2) is 8.57. The van der Waals surface area contributed by atoms with E-state index in [9.17, 15) is 4.79 Å².